The number of hydrogen-bond acceptors (Lipinski definition) is 6. The first-order valence-electron chi connectivity index (χ1n) is 10.2. The number of halogens is 1. The molecule has 9 nitrogen and oxygen atoms in total. The lowest BCUT2D eigenvalue weighted by Crippen LogP contribution is -2.50. The summed E-state index contributed by atoms with van der Waals surface area (Å²) in [4.78, 5) is 25.5. The minimum absolute atomic E-state index is 0.0159. The Morgan fingerprint density at radius 1 is 1.18 bits per heavy atom. The summed E-state index contributed by atoms with van der Waals surface area (Å²) in [5.41, 5.74) is 1.10. The molecule has 2 heterocycles. The Hall–Kier alpha value is -3.08. The molecule has 0 aliphatic carbocycles. The number of para-hydroxylation sites is 1. The highest BCUT2D eigenvalue weighted by atomic mass is 35.5. The van der Waals surface area contributed by atoms with Gasteiger partial charge in [-0.2, -0.15) is 4.31 Å². The molecule has 2 aromatic carbocycles. The molecule has 1 fully saturated rings. The number of fused-ring (bicyclic) bond motifs is 1. The summed E-state index contributed by atoms with van der Waals surface area (Å²) in [6.07, 6.45) is 3.13. The number of piperazine rings is 1. The van der Waals surface area contributed by atoms with E-state index < -0.39 is 10.0 Å². The number of nitrogens with one attached hydrogen (secondary N) is 1. The minimum atomic E-state index is -3.92. The van der Waals surface area contributed by atoms with Gasteiger partial charge in [0.1, 0.15) is 16.4 Å². The highest BCUT2D eigenvalue weighted by molar-refractivity contribution is 7.89. The zero-order valence-corrected chi connectivity index (χ0v) is 19.4. The Labute approximate surface area is 196 Å². The van der Waals surface area contributed by atoms with Crippen LogP contribution in [0.4, 0.5) is 5.69 Å². The molecule has 2 aromatic rings. The van der Waals surface area contributed by atoms with Crippen molar-refractivity contribution in [3.8, 4) is 11.5 Å². The van der Waals surface area contributed by atoms with Gasteiger partial charge >= 0.3 is 0 Å². The summed E-state index contributed by atoms with van der Waals surface area (Å²) in [6.45, 7) is 0.535. The first kappa shape index (κ1) is 23.1. The maximum Gasteiger partial charge on any atom is 0.262 e. The largest absolute Gasteiger partial charge is 0.496 e. The molecule has 2 amide bonds. The third kappa shape index (κ3) is 4.82. The third-order valence-corrected chi connectivity index (χ3v) is 7.74. The second kappa shape index (κ2) is 9.42. The van der Waals surface area contributed by atoms with E-state index in [1.807, 2.05) is 18.2 Å². The van der Waals surface area contributed by atoms with Gasteiger partial charge in [0.05, 0.1) is 17.8 Å². The van der Waals surface area contributed by atoms with Crippen LogP contribution in [0.1, 0.15) is 5.56 Å². The fraction of sp³-hybridized carbons (Fsp3) is 0.273. The van der Waals surface area contributed by atoms with E-state index in [-0.39, 0.29) is 60.3 Å². The van der Waals surface area contributed by atoms with Gasteiger partial charge in [0.2, 0.25) is 15.9 Å². The number of carbonyl (C=O) groups is 2. The fourth-order valence-corrected chi connectivity index (χ4v) is 5.58. The number of nitrogens with zero attached hydrogens (tertiary/aromatic N) is 2. The van der Waals surface area contributed by atoms with E-state index in [1.54, 1.807) is 24.2 Å². The van der Waals surface area contributed by atoms with E-state index in [1.165, 1.54) is 22.5 Å². The summed E-state index contributed by atoms with van der Waals surface area (Å²) in [5, 5.41) is 2.58. The van der Waals surface area contributed by atoms with Crippen molar-refractivity contribution in [3.63, 3.8) is 0 Å². The van der Waals surface area contributed by atoms with Gasteiger partial charge in [-0.25, -0.2) is 8.42 Å². The monoisotopic (exact) mass is 491 g/mol. The lowest BCUT2D eigenvalue weighted by molar-refractivity contribution is -0.127. The minimum Gasteiger partial charge on any atom is -0.496 e. The van der Waals surface area contributed by atoms with Crippen LogP contribution in [0, 0.1) is 0 Å². The second-order valence-corrected chi connectivity index (χ2v) is 9.73. The van der Waals surface area contributed by atoms with Crippen LogP contribution in [0.3, 0.4) is 0 Å². The molecular formula is C22H22ClN3O6S. The van der Waals surface area contributed by atoms with Crippen LogP contribution in [-0.4, -0.2) is 69.3 Å². The van der Waals surface area contributed by atoms with Crippen LogP contribution < -0.4 is 14.8 Å². The molecule has 0 aromatic heterocycles. The van der Waals surface area contributed by atoms with Crippen molar-refractivity contribution in [2.24, 2.45) is 0 Å². The Morgan fingerprint density at radius 3 is 2.64 bits per heavy atom. The zero-order valence-electron chi connectivity index (χ0n) is 17.8. The Balaban J connectivity index is 1.44. The predicted molar refractivity (Wildman–Crippen MR) is 123 cm³/mol. The number of amides is 2. The van der Waals surface area contributed by atoms with Crippen molar-refractivity contribution >= 4 is 45.2 Å². The molecule has 11 heteroatoms. The van der Waals surface area contributed by atoms with Gasteiger partial charge in [0.25, 0.3) is 5.91 Å². The van der Waals surface area contributed by atoms with Gasteiger partial charge in [-0.05, 0) is 18.2 Å². The van der Waals surface area contributed by atoms with Crippen LogP contribution in [0.25, 0.3) is 6.08 Å². The van der Waals surface area contributed by atoms with Gasteiger partial charge < -0.3 is 19.7 Å². The Bertz CT molecular complexity index is 1220. The Morgan fingerprint density at radius 2 is 1.91 bits per heavy atom. The summed E-state index contributed by atoms with van der Waals surface area (Å²) < 4.78 is 38.2. The molecular weight excluding hydrogens is 470 g/mol. The molecule has 2 aliphatic rings. The number of methoxy groups -OCH3 is 1. The maximum atomic E-state index is 13.2. The van der Waals surface area contributed by atoms with Crippen molar-refractivity contribution < 1.29 is 27.5 Å². The van der Waals surface area contributed by atoms with Gasteiger partial charge in [-0.3, -0.25) is 9.59 Å². The van der Waals surface area contributed by atoms with Crippen molar-refractivity contribution in [2.75, 3.05) is 45.2 Å². The van der Waals surface area contributed by atoms with Gasteiger partial charge in [-0.1, -0.05) is 29.8 Å². The van der Waals surface area contributed by atoms with E-state index in [9.17, 15) is 18.0 Å². The summed E-state index contributed by atoms with van der Waals surface area (Å²) >= 11 is 6.22. The van der Waals surface area contributed by atoms with E-state index in [2.05, 4.69) is 5.32 Å². The van der Waals surface area contributed by atoms with Gasteiger partial charge in [0, 0.05) is 43.9 Å². The number of anilines is 1. The lowest BCUT2D eigenvalue weighted by atomic mass is 10.2. The average molecular weight is 492 g/mol. The summed E-state index contributed by atoms with van der Waals surface area (Å²) in [7, 11) is -2.36. The molecule has 1 saturated heterocycles. The molecule has 4 rings (SSSR count). The first-order chi connectivity index (χ1) is 15.8. The van der Waals surface area contributed by atoms with Crippen molar-refractivity contribution in [2.45, 2.75) is 4.90 Å². The molecule has 0 bridgehead atoms. The summed E-state index contributed by atoms with van der Waals surface area (Å²) in [6, 6.07) is 10.0. The number of hydrogen-bond donors (Lipinski definition) is 1. The van der Waals surface area contributed by atoms with E-state index in [0.717, 1.165) is 5.56 Å². The van der Waals surface area contributed by atoms with Gasteiger partial charge in [-0.15, -0.1) is 0 Å². The molecule has 1 N–H and O–H groups in total. The maximum absolute atomic E-state index is 13.2. The molecule has 33 heavy (non-hydrogen) atoms. The SMILES string of the molecule is COc1ccccc1C=CC(=O)N1CCN(S(=O)(=O)c2cc3c(cc2Cl)NC(=O)CO3)CC1. The molecule has 0 saturated carbocycles. The first-order valence-corrected chi connectivity index (χ1v) is 12.0. The second-order valence-electron chi connectivity index (χ2n) is 7.42. The van der Waals surface area contributed by atoms with Crippen molar-refractivity contribution in [3.05, 3.63) is 53.1 Å². The molecule has 0 atom stereocenters. The standard InChI is InChI=1S/C22H22ClN3O6S/c1-31-18-5-3-2-4-15(18)6-7-22(28)25-8-10-26(11-9-25)33(29,30)20-13-19-17(12-16(20)23)24-21(27)14-32-19/h2-7,12-13H,8-11,14H2,1H3,(H,24,27). The van der Waals surface area contributed by atoms with E-state index in [4.69, 9.17) is 21.1 Å². The third-order valence-electron chi connectivity index (χ3n) is 5.38. The molecule has 0 spiro atoms. The van der Waals surface area contributed by atoms with Crippen LogP contribution in [0.5, 0.6) is 11.5 Å². The molecule has 2 aliphatic heterocycles. The highest BCUT2D eigenvalue weighted by Crippen LogP contribution is 2.37. The zero-order chi connectivity index (χ0) is 23.6. The van der Waals surface area contributed by atoms with Crippen molar-refractivity contribution in [1.29, 1.82) is 0 Å². The average Bonchev–Trinajstić information content (AvgIpc) is 2.82. The Kier molecular flexibility index (Phi) is 6.59. The fourth-order valence-electron chi connectivity index (χ4n) is 3.64. The van der Waals surface area contributed by atoms with Crippen LogP contribution in [0.2, 0.25) is 5.02 Å². The normalized spacial score (nSPS) is 16.8. The summed E-state index contributed by atoms with van der Waals surface area (Å²) in [5.74, 6) is 0.347. The quantitative estimate of drug-likeness (QED) is 0.643. The number of benzene rings is 2. The number of ether oxygens (including phenoxy) is 2. The number of sulfonamides is 1. The smallest absolute Gasteiger partial charge is 0.262 e. The van der Waals surface area contributed by atoms with Gasteiger partial charge in [0.15, 0.2) is 6.61 Å². The van der Waals surface area contributed by atoms with Crippen molar-refractivity contribution in [1.82, 2.24) is 9.21 Å². The van der Waals surface area contributed by atoms with Crippen LogP contribution in [-0.2, 0) is 19.6 Å². The number of rotatable bonds is 5. The topological polar surface area (TPSA) is 105 Å². The lowest BCUT2D eigenvalue weighted by Gasteiger charge is -2.33. The number of carbonyl (C=O) groups excluding carboxylic acids is 2. The van der Waals surface area contributed by atoms with Crippen LogP contribution in [0.15, 0.2) is 47.4 Å². The molecule has 0 radical (unpaired) electrons. The van der Waals surface area contributed by atoms with Crippen LogP contribution >= 0.6 is 11.6 Å². The molecule has 174 valence electrons. The predicted octanol–water partition coefficient (Wildman–Crippen LogP) is 2.23. The van der Waals surface area contributed by atoms with E-state index in [0.29, 0.717) is 11.4 Å². The van der Waals surface area contributed by atoms with E-state index >= 15 is 0 Å². The highest BCUT2D eigenvalue weighted by Gasteiger charge is 2.32. The molecule has 0 unspecified atom stereocenters.